The van der Waals surface area contributed by atoms with Crippen LogP contribution in [-0.2, 0) is 43.3 Å². The SMILES string of the molecule is C1COCCO1.C=C/C(=C(/OCc1ccc2c(c1C)CCN(C)C2)C(=C)C)c1cccc(N/C(OCC)=C(\C=N)C(=O)O)n1.CC. The summed E-state index contributed by atoms with van der Waals surface area (Å²) in [6, 6.07) is 9.60. The van der Waals surface area contributed by atoms with Crippen LogP contribution < -0.4 is 5.32 Å². The number of hydrogen-bond donors (Lipinski definition) is 3. The van der Waals surface area contributed by atoms with Gasteiger partial charge < -0.3 is 39.7 Å². The molecule has 1 aromatic carbocycles. The number of fused-ring (bicyclic) bond motifs is 1. The van der Waals surface area contributed by atoms with E-state index in [1.807, 2.05) is 26.8 Å². The molecule has 1 fully saturated rings. The maximum atomic E-state index is 11.5. The van der Waals surface area contributed by atoms with Crippen LogP contribution in [0.3, 0.4) is 0 Å². The summed E-state index contributed by atoms with van der Waals surface area (Å²) >= 11 is 0. The van der Waals surface area contributed by atoms with E-state index in [2.05, 4.69) is 54.5 Å². The Kier molecular flexibility index (Phi) is 16.5. The Morgan fingerprint density at radius 2 is 1.83 bits per heavy atom. The van der Waals surface area contributed by atoms with Crippen LogP contribution in [0.2, 0.25) is 0 Å². The third kappa shape index (κ3) is 11.0. The third-order valence-corrected chi connectivity index (χ3v) is 7.12. The predicted molar refractivity (Wildman–Crippen MR) is 184 cm³/mol. The number of aromatic nitrogens is 1. The molecule has 2 aliphatic rings. The number of benzene rings is 1. The number of carbonyl (C=O) groups is 1. The molecule has 0 amide bonds. The van der Waals surface area contributed by atoms with E-state index in [9.17, 15) is 9.90 Å². The fourth-order valence-electron chi connectivity index (χ4n) is 4.84. The summed E-state index contributed by atoms with van der Waals surface area (Å²) in [6.45, 7) is 23.6. The number of hydrogen-bond acceptors (Lipinski definition) is 9. The van der Waals surface area contributed by atoms with Crippen molar-refractivity contribution in [2.24, 2.45) is 0 Å². The first-order chi connectivity index (χ1) is 22.2. The fraction of sp³-hybridized carbons (Fsp3) is 0.417. The summed E-state index contributed by atoms with van der Waals surface area (Å²) in [6.07, 6.45) is 3.43. The van der Waals surface area contributed by atoms with E-state index in [-0.39, 0.29) is 18.1 Å². The van der Waals surface area contributed by atoms with Gasteiger partial charge in [-0.3, -0.25) is 0 Å². The van der Waals surface area contributed by atoms with Crippen LogP contribution in [0.5, 0.6) is 0 Å². The molecule has 0 unspecified atom stereocenters. The van der Waals surface area contributed by atoms with Crippen LogP contribution in [0.15, 0.2) is 72.4 Å². The monoisotopic (exact) mass is 634 g/mol. The number of likely N-dealkylation sites (N-methyl/N-ethyl adjacent to an activating group) is 1. The number of allylic oxidation sites excluding steroid dienone is 3. The average Bonchev–Trinajstić information content (AvgIpc) is 3.06. The van der Waals surface area contributed by atoms with Gasteiger partial charge in [0.2, 0.25) is 5.88 Å². The maximum Gasteiger partial charge on any atom is 0.342 e. The van der Waals surface area contributed by atoms with Gasteiger partial charge in [0.05, 0.1) is 38.7 Å². The van der Waals surface area contributed by atoms with Crippen LogP contribution in [0, 0.1) is 12.3 Å². The van der Waals surface area contributed by atoms with Gasteiger partial charge in [0.15, 0.2) is 0 Å². The van der Waals surface area contributed by atoms with Gasteiger partial charge in [0.1, 0.15) is 23.8 Å². The number of carboxylic acid groups (broad SMARTS) is 1. The molecular formula is C36H50N4O6. The van der Waals surface area contributed by atoms with E-state index in [1.165, 1.54) is 16.7 Å². The summed E-state index contributed by atoms with van der Waals surface area (Å²) in [4.78, 5) is 18.5. The molecule has 2 aliphatic heterocycles. The van der Waals surface area contributed by atoms with Gasteiger partial charge in [-0.15, -0.1) is 0 Å². The number of ether oxygens (including phenoxy) is 4. The van der Waals surface area contributed by atoms with Crippen molar-refractivity contribution in [3.8, 4) is 0 Å². The topological polar surface area (TPSA) is 126 Å². The maximum absolute atomic E-state index is 11.5. The zero-order valence-electron chi connectivity index (χ0n) is 28.2. The van der Waals surface area contributed by atoms with Crippen molar-refractivity contribution in [2.45, 2.75) is 54.2 Å². The Morgan fingerprint density at radius 1 is 1.15 bits per heavy atom. The minimum absolute atomic E-state index is 0.0609. The number of nitrogens with one attached hydrogen (secondary N) is 2. The summed E-state index contributed by atoms with van der Waals surface area (Å²) < 4.78 is 21.7. The lowest BCUT2D eigenvalue weighted by Gasteiger charge is -2.27. The highest BCUT2D eigenvalue weighted by Gasteiger charge is 2.19. The first kappa shape index (κ1) is 37.9. The molecule has 10 heteroatoms. The Balaban J connectivity index is 0.000000810. The second-order valence-corrected chi connectivity index (χ2v) is 10.4. The van der Waals surface area contributed by atoms with Crippen LogP contribution >= 0.6 is 0 Å². The lowest BCUT2D eigenvalue weighted by atomic mass is 9.92. The number of pyridine rings is 1. The van der Waals surface area contributed by atoms with Gasteiger partial charge in [0.25, 0.3) is 0 Å². The van der Waals surface area contributed by atoms with E-state index in [1.54, 1.807) is 25.1 Å². The first-order valence-corrected chi connectivity index (χ1v) is 15.6. The zero-order valence-corrected chi connectivity index (χ0v) is 28.2. The highest BCUT2D eigenvalue weighted by Crippen LogP contribution is 2.29. The van der Waals surface area contributed by atoms with Gasteiger partial charge in [-0.2, -0.15) is 0 Å². The van der Waals surface area contributed by atoms with E-state index in [4.69, 9.17) is 24.4 Å². The molecule has 4 rings (SSSR count). The number of carboxylic acids is 1. The molecule has 46 heavy (non-hydrogen) atoms. The van der Waals surface area contributed by atoms with E-state index in [0.717, 1.165) is 63.3 Å². The molecule has 0 atom stereocenters. The molecule has 0 aliphatic carbocycles. The second-order valence-electron chi connectivity index (χ2n) is 10.4. The number of aliphatic carboxylic acids is 1. The van der Waals surface area contributed by atoms with E-state index >= 15 is 0 Å². The molecule has 3 heterocycles. The highest BCUT2D eigenvalue weighted by molar-refractivity contribution is 6.08. The summed E-state index contributed by atoms with van der Waals surface area (Å²) in [5, 5.41) is 19.7. The van der Waals surface area contributed by atoms with Crippen molar-refractivity contribution in [3.05, 3.63) is 100 Å². The molecule has 3 N–H and O–H groups in total. The van der Waals surface area contributed by atoms with Crippen LogP contribution in [0.4, 0.5) is 5.82 Å². The van der Waals surface area contributed by atoms with Gasteiger partial charge in [-0.25, -0.2) is 9.78 Å². The van der Waals surface area contributed by atoms with E-state index in [0.29, 0.717) is 29.5 Å². The molecule has 0 bridgehead atoms. The Bertz CT molecular complexity index is 1400. The standard InChI is InChI=1S/C30H36N4O4.C4H8O2.C2H6/c1-7-23(26-10-9-11-27(32-26)33-29(37-8-2)25(16-31)30(35)36)28(19(3)4)38-18-22-13-12-21-17-34(6)15-14-24(21)20(22)5;1-2-6-4-3-5-1;1-2/h7,9-13,16,31H,1,3,8,14-15,17-18H2,2,4-6H3,(H,32,33)(H,35,36);1-4H2;1-2H3/b28-23-,29-25-,31-16?;;. The van der Waals surface area contributed by atoms with Crippen molar-refractivity contribution < 1.29 is 28.8 Å². The molecule has 10 nitrogen and oxygen atoms in total. The van der Waals surface area contributed by atoms with Gasteiger partial charge in [0, 0.05) is 24.9 Å². The van der Waals surface area contributed by atoms with Crippen LogP contribution in [0.25, 0.3) is 5.57 Å². The molecule has 2 aromatic rings. The van der Waals surface area contributed by atoms with Crippen molar-refractivity contribution >= 4 is 23.6 Å². The molecular weight excluding hydrogens is 584 g/mol. The summed E-state index contributed by atoms with van der Waals surface area (Å²) in [7, 11) is 2.14. The second kappa shape index (κ2) is 20.0. The Morgan fingerprint density at radius 3 is 2.37 bits per heavy atom. The largest absolute Gasteiger partial charge is 0.488 e. The van der Waals surface area contributed by atoms with Gasteiger partial charge in [-0.05, 0) is 74.2 Å². The van der Waals surface area contributed by atoms with Crippen molar-refractivity contribution in [1.82, 2.24) is 9.88 Å². The van der Waals surface area contributed by atoms with Crippen molar-refractivity contribution in [3.63, 3.8) is 0 Å². The molecule has 1 saturated heterocycles. The smallest absolute Gasteiger partial charge is 0.342 e. The minimum atomic E-state index is -1.28. The normalized spacial score (nSPS) is 15.2. The number of rotatable bonds is 12. The molecule has 0 radical (unpaired) electrons. The van der Waals surface area contributed by atoms with Gasteiger partial charge in [-0.1, -0.05) is 51.3 Å². The Labute approximate surface area is 273 Å². The van der Waals surface area contributed by atoms with Crippen LogP contribution in [0.1, 0.15) is 55.6 Å². The first-order valence-electron chi connectivity index (χ1n) is 15.6. The van der Waals surface area contributed by atoms with Gasteiger partial charge >= 0.3 is 5.97 Å². The molecule has 1 aromatic heterocycles. The lowest BCUT2D eigenvalue weighted by molar-refractivity contribution is -0.132. The quantitative estimate of drug-likeness (QED) is 0.104. The fourth-order valence-corrected chi connectivity index (χ4v) is 4.84. The van der Waals surface area contributed by atoms with Crippen molar-refractivity contribution in [1.29, 1.82) is 5.41 Å². The number of nitrogens with zero attached hydrogens (tertiary/aromatic N) is 2. The van der Waals surface area contributed by atoms with E-state index < -0.39 is 5.97 Å². The van der Waals surface area contributed by atoms with Crippen molar-refractivity contribution in [2.75, 3.05) is 51.9 Å². The summed E-state index contributed by atoms with van der Waals surface area (Å²) in [5.74, 6) is -0.411. The highest BCUT2D eigenvalue weighted by atomic mass is 16.6. The predicted octanol–water partition coefficient (Wildman–Crippen LogP) is 6.52. The molecule has 0 spiro atoms. The molecule has 0 saturated carbocycles. The third-order valence-electron chi connectivity index (χ3n) is 7.12. The minimum Gasteiger partial charge on any atom is -0.488 e. The molecule has 250 valence electrons. The number of anilines is 1. The summed E-state index contributed by atoms with van der Waals surface area (Å²) in [5.41, 5.74) is 6.79. The zero-order chi connectivity index (χ0) is 34.1. The lowest BCUT2D eigenvalue weighted by Crippen LogP contribution is -2.27. The van der Waals surface area contributed by atoms with Crippen LogP contribution in [-0.4, -0.2) is 73.8 Å². The Hall–Kier alpha value is -4.25. The average molecular weight is 635 g/mol.